The number of hydrogen-bond donors (Lipinski definition) is 1. The minimum absolute atomic E-state index is 0.196. The van der Waals surface area contributed by atoms with Gasteiger partial charge < -0.3 is 14.6 Å². The molecular weight excluding hydrogens is 406 g/mol. The zero-order chi connectivity index (χ0) is 19.2. The van der Waals surface area contributed by atoms with Gasteiger partial charge in [-0.05, 0) is 41.5 Å². The summed E-state index contributed by atoms with van der Waals surface area (Å²) in [6.45, 7) is 0. The molecule has 0 aliphatic carbocycles. The van der Waals surface area contributed by atoms with E-state index in [1.165, 1.54) is 6.08 Å². The molecule has 0 aliphatic heterocycles. The maximum Gasteiger partial charge on any atom is 0.244 e. The summed E-state index contributed by atoms with van der Waals surface area (Å²) in [5.74, 6) is 1.32. The van der Waals surface area contributed by atoms with Crippen LogP contribution in [0.15, 0.2) is 71.5 Å². The third kappa shape index (κ3) is 4.86. The highest BCUT2D eigenvalue weighted by molar-refractivity contribution is 9.10. The molecule has 27 heavy (non-hydrogen) atoms. The van der Waals surface area contributed by atoms with Crippen molar-refractivity contribution in [3.63, 3.8) is 0 Å². The Morgan fingerprint density at radius 2 is 2.04 bits per heavy atom. The number of methoxy groups -OCH3 is 1. The molecule has 138 valence electrons. The van der Waals surface area contributed by atoms with E-state index < -0.39 is 0 Å². The van der Waals surface area contributed by atoms with Gasteiger partial charge in [0.1, 0.15) is 17.6 Å². The molecule has 1 amide bonds. The topological polar surface area (TPSA) is 56.1 Å². The summed E-state index contributed by atoms with van der Waals surface area (Å²) in [5.41, 5.74) is 1.87. The number of aryl methyl sites for hydroxylation is 1. The average Bonchev–Trinajstić information content (AvgIpc) is 3.10. The number of ether oxygens (including phenoxy) is 1. The predicted molar refractivity (Wildman–Crippen MR) is 109 cm³/mol. The van der Waals surface area contributed by atoms with Gasteiger partial charge in [-0.3, -0.25) is 4.79 Å². The molecule has 0 saturated heterocycles. The van der Waals surface area contributed by atoms with Gasteiger partial charge in [0.05, 0.1) is 7.11 Å². The van der Waals surface area contributed by atoms with Crippen molar-refractivity contribution < 1.29 is 9.53 Å². The van der Waals surface area contributed by atoms with E-state index in [0.29, 0.717) is 0 Å². The van der Waals surface area contributed by atoms with Gasteiger partial charge in [0, 0.05) is 30.0 Å². The number of imidazole rings is 1. The fourth-order valence-electron chi connectivity index (χ4n) is 2.72. The van der Waals surface area contributed by atoms with Crippen LogP contribution < -0.4 is 10.1 Å². The first-order chi connectivity index (χ1) is 13.1. The molecule has 5 nitrogen and oxygen atoms in total. The van der Waals surface area contributed by atoms with Crippen molar-refractivity contribution >= 4 is 27.9 Å². The number of amides is 1. The van der Waals surface area contributed by atoms with Crippen LogP contribution in [0.4, 0.5) is 0 Å². The number of carbonyl (C=O) groups is 1. The van der Waals surface area contributed by atoms with Crippen molar-refractivity contribution in [2.24, 2.45) is 7.05 Å². The summed E-state index contributed by atoms with van der Waals surface area (Å²) in [7, 11) is 3.53. The third-order valence-corrected chi connectivity index (χ3v) is 4.62. The highest BCUT2D eigenvalue weighted by atomic mass is 79.9. The molecule has 0 spiro atoms. The number of rotatable bonds is 6. The number of nitrogens with zero attached hydrogens (tertiary/aromatic N) is 2. The van der Waals surface area contributed by atoms with Crippen molar-refractivity contribution in [2.75, 3.05) is 7.11 Å². The standard InChI is InChI=1S/C21H20BrN3O2/c1-25-13-12-23-21(25)20(16-7-9-18(27-2)10-8-16)24-19(26)11-6-15-4-3-5-17(22)14-15/h3-14,20H,1-2H3,(H,24,26)/b11-6+. The Morgan fingerprint density at radius 1 is 1.26 bits per heavy atom. The van der Waals surface area contributed by atoms with Gasteiger partial charge in [0.15, 0.2) is 0 Å². The molecule has 1 heterocycles. The first-order valence-electron chi connectivity index (χ1n) is 8.42. The highest BCUT2D eigenvalue weighted by Crippen LogP contribution is 2.23. The predicted octanol–water partition coefficient (Wildman–Crippen LogP) is 4.11. The molecule has 1 aromatic heterocycles. The number of nitrogens with one attached hydrogen (secondary N) is 1. The van der Waals surface area contributed by atoms with E-state index in [1.807, 2.05) is 66.3 Å². The SMILES string of the molecule is COc1ccc(C(NC(=O)/C=C/c2cccc(Br)c2)c2nccn2C)cc1. The molecule has 0 saturated carbocycles. The number of halogens is 1. The first kappa shape index (κ1) is 18.9. The quantitative estimate of drug-likeness (QED) is 0.604. The van der Waals surface area contributed by atoms with Crippen molar-refractivity contribution in [3.8, 4) is 5.75 Å². The molecule has 0 fully saturated rings. The summed E-state index contributed by atoms with van der Waals surface area (Å²) in [5, 5.41) is 3.04. The Labute approximate surface area is 166 Å². The fraction of sp³-hybridized carbons (Fsp3) is 0.143. The maximum absolute atomic E-state index is 12.5. The number of aromatic nitrogens is 2. The summed E-state index contributed by atoms with van der Waals surface area (Å²) in [6.07, 6.45) is 6.88. The summed E-state index contributed by atoms with van der Waals surface area (Å²) < 4.78 is 8.08. The Hall–Kier alpha value is -2.86. The lowest BCUT2D eigenvalue weighted by Gasteiger charge is -2.18. The second-order valence-corrected chi connectivity index (χ2v) is 6.92. The molecule has 3 aromatic rings. The molecule has 1 atom stereocenters. The van der Waals surface area contributed by atoms with Gasteiger partial charge in [-0.25, -0.2) is 4.98 Å². The number of hydrogen-bond acceptors (Lipinski definition) is 3. The summed E-state index contributed by atoms with van der Waals surface area (Å²) in [4.78, 5) is 16.9. The van der Waals surface area contributed by atoms with E-state index in [-0.39, 0.29) is 11.9 Å². The minimum atomic E-state index is -0.365. The van der Waals surface area contributed by atoms with Gasteiger partial charge >= 0.3 is 0 Å². The molecule has 2 aromatic carbocycles. The minimum Gasteiger partial charge on any atom is -0.497 e. The van der Waals surface area contributed by atoms with E-state index in [9.17, 15) is 4.79 Å². The Bertz CT molecular complexity index is 948. The van der Waals surface area contributed by atoms with E-state index in [2.05, 4.69) is 26.2 Å². The molecule has 0 bridgehead atoms. The van der Waals surface area contributed by atoms with Crippen molar-refractivity contribution in [3.05, 3.63) is 88.4 Å². The fourth-order valence-corrected chi connectivity index (χ4v) is 3.14. The maximum atomic E-state index is 12.5. The molecule has 0 aliphatic rings. The van der Waals surface area contributed by atoms with Crippen LogP contribution >= 0.6 is 15.9 Å². The molecule has 3 rings (SSSR count). The zero-order valence-corrected chi connectivity index (χ0v) is 16.7. The Morgan fingerprint density at radius 3 is 2.67 bits per heavy atom. The largest absolute Gasteiger partial charge is 0.497 e. The normalized spacial score (nSPS) is 12.1. The monoisotopic (exact) mass is 425 g/mol. The smallest absolute Gasteiger partial charge is 0.244 e. The molecule has 1 unspecified atom stereocenters. The van der Waals surface area contributed by atoms with Crippen LogP contribution in [0.1, 0.15) is 23.0 Å². The van der Waals surface area contributed by atoms with Crippen LogP contribution in [-0.4, -0.2) is 22.6 Å². The van der Waals surface area contributed by atoms with Gasteiger partial charge in [0.25, 0.3) is 0 Å². The number of carbonyl (C=O) groups excluding carboxylic acids is 1. The Kier molecular flexibility index (Phi) is 6.08. The lowest BCUT2D eigenvalue weighted by molar-refractivity contribution is -0.117. The second kappa shape index (κ2) is 8.68. The van der Waals surface area contributed by atoms with Gasteiger partial charge in [-0.2, -0.15) is 0 Å². The van der Waals surface area contributed by atoms with Gasteiger partial charge in [-0.15, -0.1) is 0 Å². The molecular formula is C21H20BrN3O2. The van der Waals surface area contributed by atoms with Crippen molar-refractivity contribution in [2.45, 2.75) is 6.04 Å². The van der Waals surface area contributed by atoms with Crippen LogP contribution in [0.2, 0.25) is 0 Å². The number of benzene rings is 2. The summed E-state index contributed by atoms with van der Waals surface area (Å²) in [6, 6.07) is 15.0. The van der Waals surface area contributed by atoms with Crippen LogP contribution in [0, 0.1) is 0 Å². The van der Waals surface area contributed by atoms with Gasteiger partial charge in [-0.1, -0.05) is 40.2 Å². The lowest BCUT2D eigenvalue weighted by Crippen LogP contribution is -2.29. The van der Waals surface area contributed by atoms with Crippen LogP contribution in [0.25, 0.3) is 6.08 Å². The van der Waals surface area contributed by atoms with Crippen molar-refractivity contribution in [1.82, 2.24) is 14.9 Å². The van der Waals surface area contributed by atoms with E-state index >= 15 is 0 Å². The van der Waals surface area contributed by atoms with Crippen LogP contribution in [0.3, 0.4) is 0 Å². The first-order valence-corrected chi connectivity index (χ1v) is 9.21. The van der Waals surface area contributed by atoms with E-state index in [1.54, 1.807) is 19.4 Å². The lowest BCUT2D eigenvalue weighted by atomic mass is 10.1. The highest BCUT2D eigenvalue weighted by Gasteiger charge is 2.19. The summed E-state index contributed by atoms with van der Waals surface area (Å²) >= 11 is 3.43. The van der Waals surface area contributed by atoms with E-state index in [4.69, 9.17) is 4.74 Å². The molecule has 6 heteroatoms. The molecule has 0 radical (unpaired) electrons. The van der Waals surface area contributed by atoms with Crippen LogP contribution in [-0.2, 0) is 11.8 Å². The zero-order valence-electron chi connectivity index (χ0n) is 15.1. The third-order valence-electron chi connectivity index (χ3n) is 4.13. The Balaban J connectivity index is 1.82. The van der Waals surface area contributed by atoms with Crippen LogP contribution in [0.5, 0.6) is 5.75 Å². The van der Waals surface area contributed by atoms with Crippen molar-refractivity contribution in [1.29, 1.82) is 0 Å². The average molecular weight is 426 g/mol. The van der Waals surface area contributed by atoms with E-state index in [0.717, 1.165) is 27.2 Å². The van der Waals surface area contributed by atoms with Gasteiger partial charge in [0.2, 0.25) is 5.91 Å². The second-order valence-electron chi connectivity index (χ2n) is 6.00. The molecule has 1 N–H and O–H groups in total.